The van der Waals surface area contributed by atoms with E-state index in [4.69, 9.17) is 11.6 Å². The largest absolute Gasteiger partial charge is 0.389 e. The van der Waals surface area contributed by atoms with Crippen molar-refractivity contribution in [1.82, 2.24) is 9.97 Å². The highest BCUT2D eigenvalue weighted by Gasteiger charge is 2.33. The molecule has 1 fully saturated rings. The van der Waals surface area contributed by atoms with Gasteiger partial charge in [0.15, 0.2) is 11.6 Å². The molecule has 1 heterocycles. The molecule has 4 nitrogen and oxygen atoms in total. The van der Waals surface area contributed by atoms with Gasteiger partial charge in [0.1, 0.15) is 0 Å². The van der Waals surface area contributed by atoms with E-state index in [0.717, 1.165) is 25.5 Å². The van der Waals surface area contributed by atoms with Gasteiger partial charge < -0.3 is 10.4 Å². The average Bonchev–Trinajstić information content (AvgIpc) is 2.34. The van der Waals surface area contributed by atoms with Crippen LogP contribution in [0.4, 0.5) is 10.2 Å². The number of anilines is 1. The highest BCUT2D eigenvalue weighted by molar-refractivity contribution is 6.28. The van der Waals surface area contributed by atoms with Crippen molar-refractivity contribution >= 4 is 17.4 Å². The van der Waals surface area contributed by atoms with Crippen molar-refractivity contribution < 1.29 is 9.50 Å². The normalized spacial score (nSPS) is 27.0. The Morgan fingerprint density at radius 1 is 1.68 bits per heavy atom. The molecule has 2 rings (SSSR count). The van der Waals surface area contributed by atoms with Gasteiger partial charge in [-0.3, -0.25) is 0 Å². The van der Waals surface area contributed by atoms with Crippen LogP contribution in [0.2, 0.25) is 5.28 Å². The van der Waals surface area contributed by atoms with Crippen LogP contribution in [0.1, 0.15) is 32.1 Å². The zero-order chi connectivity index (χ0) is 13.9. The Bertz CT molecular complexity index is 471. The van der Waals surface area contributed by atoms with Crippen molar-refractivity contribution in [3.63, 3.8) is 0 Å². The van der Waals surface area contributed by atoms with Crippen LogP contribution in [-0.4, -0.2) is 26.7 Å². The minimum atomic E-state index is -0.759. The SMILES string of the molecule is C=CCC1(O)CCC[C@H](Nc2nc(Cl)ncc2F)C1. The summed E-state index contributed by atoms with van der Waals surface area (Å²) in [5.74, 6) is -0.449. The number of rotatable bonds is 4. The fourth-order valence-corrected chi connectivity index (χ4v) is 2.69. The van der Waals surface area contributed by atoms with Crippen LogP contribution in [0.5, 0.6) is 0 Å². The molecule has 104 valence electrons. The zero-order valence-corrected chi connectivity index (χ0v) is 11.3. The van der Waals surface area contributed by atoms with E-state index in [1.807, 2.05) is 0 Å². The number of halogens is 2. The first-order valence-corrected chi connectivity index (χ1v) is 6.68. The van der Waals surface area contributed by atoms with Gasteiger partial charge in [-0.2, -0.15) is 4.98 Å². The maximum absolute atomic E-state index is 13.5. The van der Waals surface area contributed by atoms with Crippen molar-refractivity contribution in [3.8, 4) is 0 Å². The number of nitrogens with one attached hydrogen (secondary N) is 1. The first-order chi connectivity index (χ1) is 9.02. The molecule has 1 aliphatic carbocycles. The molecule has 0 aliphatic heterocycles. The lowest BCUT2D eigenvalue weighted by Crippen LogP contribution is -2.40. The molecule has 1 aromatic rings. The van der Waals surface area contributed by atoms with Crippen LogP contribution in [-0.2, 0) is 0 Å². The predicted molar refractivity (Wildman–Crippen MR) is 72.6 cm³/mol. The lowest BCUT2D eigenvalue weighted by molar-refractivity contribution is 0.00294. The lowest BCUT2D eigenvalue weighted by Gasteiger charge is -2.36. The summed E-state index contributed by atoms with van der Waals surface area (Å²) in [5.41, 5.74) is -0.759. The minimum Gasteiger partial charge on any atom is -0.389 e. The average molecular weight is 286 g/mol. The van der Waals surface area contributed by atoms with Gasteiger partial charge in [0.05, 0.1) is 11.8 Å². The smallest absolute Gasteiger partial charge is 0.224 e. The van der Waals surface area contributed by atoms with E-state index in [2.05, 4.69) is 21.9 Å². The summed E-state index contributed by atoms with van der Waals surface area (Å²) in [4.78, 5) is 7.39. The second kappa shape index (κ2) is 5.84. The zero-order valence-electron chi connectivity index (χ0n) is 10.6. The molecule has 0 radical (unpaired) electrons. The van der Waals surface area contributed by atoms with Crippen molar-refractivity contribution in [2.24, 2.45) is 0 Å². The van der Waals surface area contributed by atoms with Gasteiger partial charge in [0.25, 0.3) is 0 Å². The van der Waals surface area contributed by atoms with Crippen molar-refractivity contribution in [2.45, 2.75) is 43.7 Å². The van der Waals surface area contributed by atoms with Gasteiger partial charge in [-0.25, -0.2) is 9.37 Å². The van der Waals surface area contributed by atoms with Gasteiger partial charge >= 0.3 is 0 Å². The second-order valence-electron chi connectivity index (χ2n) is 4.99. The van der Waals surface area contributed by atoms with Gasteiger partial charge in [-0.05, 0) is 43.7 Å². The molecule has 6 heteroatoms. The number of nitrogens with zero attached hydrogens (tertiary/aromatic N) is 2. The van der Waals surface area contributed by atoms with Gasteiger partial charge in [-0.15, -0.1) is 6.58 Å². The Labute approximate surface area is 116 Å². The van der Waals surface area contributed by atoms with Crippen LogP contribution in [0.25, 0.3) is 0 Å². The van der Waals surface area contributed by atoms with Crippen molar-refractivity contribution in [1.29, 1.82) is 0 Å². The minimum absolute atomic E-state index is 0.000984. The maximum Gasteiger partial charge on any atom is 0.224 e. The molecule has 0 aromatic carbocycles. The fraction of sp³-hybridized carbons (Fsp3) is 0.538. The van der Waals surface area contributed by atoms with Crippen LogP contribution in [0, 0.1) is 5.82 Å². The third-order valence-corrected chi connectivity index (χ3v) is 3.58. The molecule has 2 N–H and O–H groups in total. The summed E-state index contributed by atoms with van der Waals surface area (Å²) in [6, 6.07) is -0.0285. The van der Waals surface area contributed by atoms with Gasteiger partial charge in [0.2, 0.25) is 5.28 Å². The summed E-state index contributed by atoms with van der Waals surface area (Å²) in [7, 11) is 0. The molecule has 0 spiro atoms. The van der Waals surface area contributed by atoms with E-state index in [1.54, 1.807) is 6.08 Å². The molecule has 1 saturated carbocycles. The van der Waals surface area contributed by atoms with Crippen molar-refractivity contribution in [3.05, 3.63) is 30.0 Å². The summed E-state index contributed by atoms with van der Waals surface area (Å²) in [6.45, 7) is 3.66. The first-order valence-electron chi connectivity index (χ1n) is 6.30. The van der Waals surface area contributed by atoms with Crippen LogP contribution >= 0.6 is 11.6 Å². The number of aliphatic hydroxyl groups is 1. The summed E-state index contributed by atoms with van der Waals surface area (Å²) in [6.07, 6.45) is 6.31. The Morgan fingerprint density at radius 3 is 3.21 bits per heavy atom. The van der Waals surface area contributed by atoms with E-state index in [1.165, 1.54) is 0 Å². The van der Waals surface area contributed by atoms with Gasteiger partial charge in [0, 0.05) is 6.04 Å². The molecular weight excluding hydrogens is 269 g/mol. The van der Waals surface area contributed by atoms with E-state index >= 15 is 0 Å². The van der Waals surface area contributed by atoms with E-state index < -0.39 is 11.4 Å². The molecule has 1 aromatic heterocycles. The summed E-state index contributed by atoms with van der Waals surface area (Å²) < 4.78 is 13.5. The van der Waals surface area contributed by atoms with E-state index in [-0.39, 0.29) is 17.1 Å². The Balaban J connectivity index is 2.06. The third kappa shape index (κ3) is 3.64. The van der Waals surface area contributed by atoms with Crippen molar-refractivity contribution in [2.75, 3.05) is 5.32 Å². The van der Waals surface area contributed by atoms with Crippen LogP contribution < -0.4 is 5.32 Å². The standard InChI is InChI=1S/C13H17ClFN3O/c1-2-5-13(19)6-3-4-9(7-13)17-11-10(15)8-16-12(14)18-11/h2,8-9,19H,1,3-7H2,(H,16,17,18)/t9-,13?/m0/s1. The highest BCUT2D eigenvalue weighted by Crippen LogP contribution is 2.33. The van der Waals surface area contributed by atoms with E-state index in [0.29, 0.717) is 12.8 Å². The monoisotopic (exact) mass is 285 g/mol. The Hall–Kier alpha value is -1.20. The van der Waals surface area contributed by atoms with Crippen LogP contribution in [0.15, 0.2) is 18.9 Å². The number of hydrogen-bond donors (Lipinski definition) is 2. The predicted octanol–water partition coefficient (Wildman–Crippen LogP) is 2.93. The molecule has 0 saturated heterocycles. The molecule has 0 bridgehead atoms. The molecule has 2 atom stereocenters. The molecule has 0 amide bonds. The van der Waals surface area contributed by atoms with E-state index in [9.17, 15) is 9.50 Å². The molecule has 19 heavy (non-hydrogen) atoms. The topological polar surface area (TPSA) is 58.0 Å². The number of aromatic nitrogens is 2. The maximum atomic E-state index is 13.5. The Morgan fingerprint density at radius 2 is 2.47 bits per heavy atom. The highest BCUT2D eigenvalue weighted by atomic mass is 35.5. The Kier molecular flexibility index (Phi) is 4.37. The van der Waals surface area contributed by atoms with Gasteiger partial charge in [-0.1, -0.05) is 6.08 Å². The second-order valence-corrected chi connectivity index (χ2v) is 5.33. The fourth-order valence-electron chi connectivity index (χ4n) is 2.56. The van der Waals surface area contributed by atoms with Crippen LogP contribution in [0.3, 0.4) is 0 Å². The third-order valence-electron chi connectivity index (χ3n) is 3.40. The summed E-state index contributed by atoms with van der Waals surface area (Å²) in [5, 5.41) is 13.4. The quantitative estimate of drug-likeness (QED) is 0.660. The lowest BCUT2D eigenvalue weighted by atomic mass is 9.80. The molecular formula is C13H17ClFN3O. The summed E-state index contributed by atoms with van der Waals surface area (Å²) >= 11 is 5.65. The number of hydrogen-bond acceptors (Lipinski definition) is 4. The molecule has 1 unspecified atom stereocenters. The first kappa shape index (κ1) is 14.2. The molecule has 1 aliphatic rings.